The van der Waals surface area contributed by atoms with Crippen LogP contribution in [0.5, 0.6) is 0 Å². The van der Waals surface area contributed by atoms with Gasteiger partial charge in [-0.15, -0.1) is 0 Å². The van der Waals surface area contributed by atoms with Crippen LogP contribution in [0.25, 0.3) is 0 Å². The number of anilines is 2. The molecular formula is C15H21N3O. The molecule has 19 heavy (non-hydrogen) atoms. The first kappa shape index (κ1) is 12.3. The maximum atomic E-state index is 11.8. The van der Waals surface area contributed by atoms with Crippen LogP contribution in [0.1, 0.15) is 26.2 Å². The fourth-order valence-electron chi connectivity index (χ4n) is 3.19. The zero-order chi connectivity index (χ0) is 13.2. The maximum Gasteiger partial charge on any atom is 0.222 e. The Bertz CT molecular complexity index is 474. The Hall–Kier alpha value is -1.71. The van der Waals surface area contributed by atoms with Crippen LogP contribution in [0.2, 0.25) is 0 Å². The van der Waals surface area contributed by atoms with Gasteiger partial charge in [0.05, 0.1) is 11.4 Å². The molecule has 102 valence electrons. The average molecular weight is 259 g/mol. The zero-order valence-corrected chi connectivity index (χ0v) is 11.4. The number of rotatable bonds is 1. The number of fused-ring (bicyclic) bond motifs is 1. The molecule has 0 saturated carbocycles. The predicted octanol–water partition coefficient (Wildman–Crippen LogP) is 1.98. The Morgan fingerprint density at radius 3 is 3.00 bits per heavy atom. The lowest BCUT2D eigenvalue weighted by atomic mass is 10.0. The number of nitrogens with one attached hydrogen (secondary N) is 2. The summed E-state index contributed by atoms with van der Waals surface area (Å²) in [7, 11) is 0. The van der Waals surface area contributed by atoms with Gasteiger partial charge in [0.15, 0.2) is 0 Å². The molecule has 2 N–H and O–H groups in total. The second-order valence-corrected chi connectivity index (χ2v) is 5.50. The summed E-state index contributed by atoms with van der Waals surface area (Å²) >= 11 is 0. The van der Waals surface area contributed by atoms with Crippen molar-refractivity contribution in [2.45, 2.75) is 38.3 Å². The van der Waals surface area contributed by atoms with Crippen molar-refractivity contribution in [3.8, 4) is 0 Å². The molecule has 1 aromatic rings. The summed E-state index contributed by atoms with van der Waals surface area (Å²) in [6.07, 6.45) is 2.76. The van der Waals surface area contributed by atoms with E-state index in [1.807, 2.05) is 0 Å². The van der Waals surface area contributed by atoms with Gasteiger partial charge in [-0.3, -0.25) is 4.79 Å². The van der Waals surface area contributed by atoms with Crippen molar-refractivity contribution in [2.24, 2.45) is 0 Å². The molecule has 2 heterocycles. The van der Waals surface area contributed by atoms with E-state index in [1.165, 1.54) is 11.4 Å². The van der Waals surface area contributed by atoms with Gasteiger partial charge in [0.25, 0.3) is 0 Å². The number of carbonyl (C=O) groups excluding carboxylic acids is 1. The number of hydrogen-bond acceptors (Lipinski definition) is 3. The summed E-state index contributed by atoms with van der Waals surface area (Å²) in [6, 6.07) is 9.14. The van der Waals surface area contributed by atoms with Crippen LogP contribution in [0.3, 0.4) is 0 Å². The lowest BCUT2D eigenvalue weighted by Crippen LogP contribution is -2.49. The number of para-hydroxylation sites is 2. The molecule has 1 amide bonds. The standard InChI is InChI=1S/C15H21N3O/c1-11-10-17-13-6-2-3-7-14(13)18(11)12-5-4-8-16-15(19)9-12/h2-3,6-7,11-12,17H,4-5,8-10H2,1H3,(H,16,19). The molecule has 4 nitrogen and oxygen atoms in total. The van der Waals surface area contributed by atoms with Crippen LogP contribution in [-0.4, -0.2) is 31.1 Å². The molecule has 4 heteroatoms. The van der Waals surface area contributed by atoms with Crippen LogP contribution in [0, 0.1) is 0 Å². The Labute approximate surface area is 114 Å². The molecule has 1 saturated heterocycles. The van der Waals surface area contributed by atoms with Gasteiger partial charge in [-0.2, -0.15) is 0 Å². The third kappa shape index (κ3) is 2.39. The normalized spacial score (nSPS) is 27.0. The van der Waals surface area contributed by atoms with E-state index in [0.29, 0.717) is 18.5 Å². The third-order valence-electron chi connectivity index (χ3n) is 4.10. The fraction of sp³-hybridized carbons (Fsp3) is 0.533. The van der Waals surface area contributed by atoms with Crippen molar-refractivity contribution in [3.05, 3.63) is 24.3 Å². The summed E-state index contributed by atoms with van der Waals surface area (Å²) in [5, 5.41) is 6.44. The highest BCUT2D eigenvalue weighted by molar-refractivity contribution is 5.79. The molecule has 1 fully saturated rings. The molecule has 0 spiro atoms. The van der Waals surface area contributed by atoms with E-state index < -0.39 is 0 Å². The number of carbonyl (C=O) groups is 1. The fourth-order valence-corrected chi connectivity index (χ4v) is 3.19. The van der Waals surface area contributed by atoms with E-state index in [9.17, 15) is 4.79 Å². The summed E-state index contributed by atoms with van der Waals surface area (Å²) < 4.78 is 0. The second-order valence-electron chi connectivity index (χ2n) is 5.50. The number of benzene rings is 1. The van der Waals surface area contributed by atoms with E-state index in [0.717, 1.165) is 25.9 Å². The minimum atomic E-state index is 0.186. The first-order valence-corrected chi connectivity index (χ1v) is 7.13. The predicted molar refractivity (Wildman–Crippen MR) is 77.5 cm³/mol. The first-order chi connectivity index (χ1) is 9.25. The van der Waals surface area contributed by atoms with Crippen molar-refractivity contribution in [1.29, 1.82) is 0 Å². The van der Waals surface area contributed by atoms with Gasteiger partial charge in [0, 0.05) is 31.6 Å². The maximum absolute atomic E-state index is 11.8. The third-order valence-corrected chi connectivity index (χ3v) is 4.10. The van der Waals surface area contributed by atoms with E-state index in [2.05, 4.69) is 46.7 Å². The number of nitrogens with zero attached hydrogens (tertiary/aromatic N) is 1. The van der Waals surface area contributed by atoms with Crippen LogP contribution >= 0.6 is 0 Å². The minimum Gasteiger partial charge on any atom is -0.381 e. The molecule has 0 bridgehead atoms. The van der Waals surface area contributed by atoms with Crippen molar-refractivity contribution < 1.29 is 4.79 Å². The highest BCUT2D eigenvalue weighted by Gasteiger charge is 2.31. The lowest BCUT2D eigenvalue weighted by Gasteiger charge is -2.42. The van der Waals surface area contributed by atoms with Gasteiger partial charge in [0.1, 0.15) is 0 Å². The number of hydrogen-bond donors (Lipinski definition) is 2. The Balaban J connectivity index is 1.91. The quantitative estimate of drug-likeness (QED) is 0.810. The van der Waals surface area contributed by atoms with Crippen LogP contribution < -0.4 is 15.5 Å². The van der Waals surface area contributed by atoms with Gasteiger partial charge >= 0.3 is 0 Å². The minimum absolute atomic E-state index is 0.186. The first-order valence-electron chi connectivity index (χ1n) is 7.13. The molecule has 2 aliphatic heterocycles. The van der Waals surface area contributed by atoms with E-state index >= 15 is 0 Å². The summed E-state index contributed by atoms with van der Waals surface area (Å²) in [4.78, 5) is 14.2. The summed E-state index contributed by atoms with van der Waals surface area (Å²) in [5.74, 6) is 0.186. The smallest absolute Gasteiger partial charge is 0.222 e. The van der Waals surface area contributed by atoms with Crippen molar-refractivity contribution in [2.75, 3.05) is 23.3 Å². The Morgan fingerprint density at radius 1 is 1.26 bits per heavy atom. The van der Waals surface area contributed by atoms with Gasteiger partial charge in [-0.25, -0.2) is 0 Å². The Kier molecular flexibility index (Phi) is 3.32. The van der Waals surface area contributed by atoms with Gasteiger partial charge in [-0.05, 0) is 31.9 Å². The highest BCUT2D eigenvalue weighted by atomic mass is 16.1. The van der Waals surface area contributed by atoms with E-state index in [-0.39, 0.29) is 5.91 Å². The van der Waals surface area contributed by atoms with Crippen molar-refractivity contribution in [3.63, 3.8) is 0 Å². The topological polar surface area (TPSA) is 44.4 Å². The molecule has 0 aromatic heterocycles. The largest absolute Gasteiger partial charge is 0.381 e. The second kappa shape index (κ2) is 5.11. The molecule has 2 unspecified atom stereocenters. The van der Waals surface area contributed by atoms with E-state index in [1.54, 1.807) is 0 Å². The summed E-state index contributed by atoms with van der Waals surface area (Å²) in [5.41, 5.74) is 2.42. The highest BCUT2D eigenvalue weighted by Crippen LogP contribution is 2.34. The van der Waals surface area contributed by atoms with Crippen LogP contribution in [0.15, 0.2) is 24.3 Å². The summed E-state index contributed by atoms with van der Waals surface area (Å²) in [6.45, 7) is 3.98. The number of amides is 1. The molecular weight excluding hydrogens is 238 g/mol. The van der Waals surface area contributed by atoms with E-state index in [4.69, 9.17) is 0 Å². The molecule has 2 aliphatic rings. The molecule has 1 aromatic carbocycles. The lowest BCUT2D eigenvalue weighted by molar-refractivity contribution is -0.121. The molecule has 0 aliphatic carbocycles. The zero-order valence-electron chi connectivity index (χ0n) is 11.4. The van der Waals surface area contributed by atoms with Gasteiger partial charge in [-0.1, -0.05) is 12.1 Å². The molecule has 0 radical (unpaired) electrons. The Morgan fingerprint density at radius 2 is 2.11 bits per heavy atom. The SMILES string of the molecule is CC1CNc2ccccc2N1C1CCCNC(=O)C1. The van der Waals surface area contributed by atoms with Crippen molar-refractivity contribution >= 4 is 17.3 Å². The molecule has 3 rings (SSSR count). The van der Waals surface area contributed by atoms with Crippen LogP contribution in [-0.2, 0) is 4.79 Å². The van der Waals surface area contributed by atoms with Gasteiger partial charge < -0.3 is 15.5 Å². The van der Waals surface area contributed by atoms with Crippen LogP contribution in [0.4, 0.5) is 11.4 Å². The van der Waals surface area contributed by atoms with Gasteiger partial charge in [0.2, 0.25) is 5.91 Å². The van der Waals surface area contributed by atoms with Crippen molar-refractivity contribution in [1.82, 2.24) is 5.32 Å². The average Bonchev–Trinajstić information content (AvgIpc) is 2.63. The monoisotopic (exact) mass is 259 g/mol. The molecule has 2 atom stereocenters.